The number of benzene rings is 1. The first kappa shape index (κ1) is 54.5. The van der Waals surface area contributed by atoms with Crippen LogP contribution in [0.3, 0.4) is 0 Å². The quantitative estimate of drug-likeness (QED) is 0.0798. The Morgan fingerprint density at radius 2 is 1.46 bits per heavy atom. The largest absolute Gasteiger partial charge is 0.479 e. The lowest BCUT2D eigenvalue weighted by Crippen LogP contribution is -2.67. The molecule has 1 amide bonds. The van der Waals surface area contributed by atoms with Crippen molar-refractivity contribution in [3.05, 3.63) is 46.3 Å². The number of aliphatic carboxylic acids is 1. The number of rotatable bonds is 19. The number of para-hydroxylation sites is 1. The van der Waals surface area contributed by atoms with Crippen LogP contribution >= 0.6 is 0 Å². The molecular formula is C48H71NO21. The van der Waals surface area contributed by atoms with Crippen molar-refractivity contribution in [2.75, 3.05) is 19.8 Å². The standard InChI is InChI=1S/C48H71NO21/c1-4-26-14-25(20-63-47-40(58)43(37(55)33(19-51)69-47)62-21-28-17-27-12-8-9-13-29(27)66-45(28)61)16-30(41(26)70-48-39(57)38(56)35(53)22(2)64-48)67-46-34(49-23(3)52)42(36(54)32(18-50)68-46)65-31(44(59)60)15-24-10-6-5-7-11-24/h8-9,12-13,17,22,24-26,30-43,46-48,50-51,53-58H,4-7,10-11,14-16,18-21H2,1-3H3,(H,49,52)(H,59,60)/t22?,25?,26?,30-,31+,32?,33?,34?,35-,36+,37-,38?,39?,40?,41?,42?,43?,46-,47+,48+/m1/s1. The molecule has 0 bridgehead atoms. The molecule has 7 rings (SSSR count). The summed E-state index contributed by atoms with van der Waals surface area (Å²) >= 11 is 0. The fourth-order valence-corrected chi connectivity index (χ4v) is 10.6. The number of aliphatic hydroxyl groups excluding tert-OH is 8. The van der Waals surface area contributed by atoms with Gasteiger partial charge in [0.1, 0.15) is 72.7 Å². The van der Waals surface area contributed by atoms with Crippen molar-refractivity contribution in [1.29, 1.82) is 0 Å². The van der Waals surface area contributed by atoms with Crippen LogP contribution in [0.4, 0.5) is 0 Å². The number of carboxylic acids is 1. The van der Waals surface area contributed by atoms with Gasteiger partial charge < -0.3 is 93.6 Å². The Kier molecular flexibility index (Phi) is 19.2. The second kappa shape index (κ2) is 24.6. The first-order valence-corrected chi connectivity index (χ1v) is 24.5. The minimum atomic E-state index is -1.70. The highest BCUT2D eigenvalue weighted by atomic mass is 16.7. The predicted octanol–water partition coefficient (Wildman–Crippen LogP) is -0.440. The van der Waals surface area contributed by atoms with E-state index >= 15 is 0 Å². The fourth-order valence-electron chi connectivity index (χ4n) is 10.6. The maximum Gasteiger partial charge on any atom is 0.341 e. The third kappa shape index (κ3) is 12.7. The van der Waals surface area contributed by atoms with E-state index in [9.17, 15) is 60.3 Å². The highest BCUT2D eigenvalue weighted by molar-refractivity contribution is 5.76. The van der Waals surface area contributed by atoms with Gasteiger partial charge in [-0.3, -0.25) is 4.79 Å². The van der Waals surface area contributed by atoms with Crippen LogP contribution in [-0.4, -0.2) is 188 Å². The van der Waals surface area contributed by atoms with Gasteiger partial charge >= 0.3 is 11.6 Å². The molecule has 0 spiro atoms. The number of nitrogens with one attached hydrogen (secondary N) is 1. The van der Waals surface area contributed by atoms with Crippen molar-refractivity contribution in [3.63, 3.8) is 0 Å². The molecule has 2 aromatic rings. The van der Waals surface area contributed by atoms with E-state index in [-0.39, 0.29) is 37.5 Å². The molecule has 4 heterocycles. The summed E-state index contributed by atoms with van der Waals surface area (Å²) in [5, 5.41) is 101. The Morgan fingerprint density at radius 1 is 0.771 bits per heavy atom. The molecule has 22 nitrogen and oxygen atoms in total. The van der Waals surface area contributed by atoms with Crippen LogP contribution in [0.5, 0.6) is 0 Å². The van der Waals surface area contributed by atoms with Crippen molar-refractivity contribution in [2.24, 2.45) is 17.8 Å². The van der Waals surface area contributed by atoms with E-state index in [1.54, 1.807) is 30.3 Å². The zero-order valence-corrected chi connectivity index (χ0v) is 39.6. The number of ether oxygens (including phenoxy) is 8. The predicted molar refractivity (Wildman–Crippen MR) is 240 cm³/mol. The van der Waals surface area contributed by atoms with E-state index in [4.69, 9.17) is 42.3 Å². The molecule has 70 heavy (non-hydrogen) atoms. The van der Waals surface area contributed by atoms with Crippen LogP contribution in [0.15, 0.2) is 39.5 Å². The van der Waals surface area contributed by atoms with Crippen molar-refractivity contribution < 1.29 is 97.9 Å². The summed E-state index contributed by atoms with van der Waals surface area (Å²) in [5.74, 6) is -2.70. The number of fused-ring (bicyclic) bond motifs is 1. The van der Waals surface area contributed by atoms with Gasteiger partial charge in [-0.2, -0.15) is 0 Å². The van der Waals surface area contributed by atoms with E-state index in [1.807, 2.05) is 6.92 Å². The lowest BCUT2D eigenvalue weighted by molar-refractivity contribution is -0.341. The monoisotopic (exact) mass is 997 g/mol. The molecule has 2 aliphatic carbocycles. The van der Waals surface area contributed by atoms with Crippen LogP contribution in [-0.2, 0) is 54.1 Å². The van der Waals surface area contributed by atoms with Crippen molar-refractivity contribution >= 4 is 22.8 Å². The van der Waals surface area contributed by atoms with E-state index in [0.717, 1.165) is 32.1 Å². The number of aliphatic hydroxyl groups is 8. The first-order chi connectivity index (χ1) is 33.5. The summed E-state index contributed by atoms with van der Waals surface area (Å²) < 4.78 is 54.8. The average Bonchev–Trinajstić information content (AvgIpc) is 3.34. The summed E-state index contributed by atoms with van der Waals surface area (Å²) in [6.07, 6.45) is -18.3. The van der Waals surface area contributed by atoms with Gasteiger partial charge in [-0.15, -0.1) is 0 Å². The summed E-state index contributed by atoms with van der Waals surface area (Å²) in [7, 11) is 0. The van der Waals surface area contributed by atoms with Gasteiger partial charge in [-0.05, 0) is 56.1 Å². The summed E-state index contributed by atoms with van der Waals surface area (Å²) in [6, 6.07) is 7.09. The molecule has 5 aliphatic rings. The lowest BCUT2D eigenvalue weighted by atomic mass is 9.76. The molecule has 20 atom stereocenters. The van der Waals surface area contributed by atoms with Crippen LogP contribution in [0, 0.1) is 17.8 Å². The smallest absolute Gasteiger partial charge is 0.341 e. The molecule has 1 aromatic heterocycles. The maximum atomic E-state index is 12.9. The van der Waals surface area contributed by atoms with Crippen LogP contribution < -0.4 is 10.9 Å². The average molecular weight is 998 g/mol. The number of hydrogen-bond acceptors (Lipinski definition) is 20. The van der Waals surface area contributed by atoms with E-state index < -0.39 is 153 Å². The third-order valence-corrected chi connectivity index (χ3v) is 14.5. The second-order valence-corrected chi connectivity index (χ2v) is 19.5. The normalized spacial score (nSPS) is 39.1. The Balaban J connectivity index is 1.13. The van der Waals surface area contributed by atoms with Crippen LogP contribution in [0.2, 0.25) is 0 Å². The van der Waals surface area contributed by atoms with Crippen LogP contribution in [0.1, 0.15) is 84.1 Å². The second-order valence-electron chi connectivity index (χ2n) is 19.5. The zero-order valence-electron chi connectivity index (χ0n) is 39.6. The van der Waals surface area contributed by atoms with E-state index in [1.165, 1.54) is 13.8 Å². The number of carbonyl (C=O) groups excluding carboxylic acids is 1. The number of carboxylic acid groups (broad SMARTS) is 1. The van der Waals surface area contributed by atoms with E-state index in [0.29, 0.717) is 23.8 Å². The van der Waals surface area contributed by atoms with E-state index in [2.05, 4.69) is 5.32 Å². The van der Waals surface area contributed by atoms with Gasteiger partial charge in [-0.25, -0.2) is 9.59 Å². The molecule has 10 N–H and O–H groups in total. The van der Waals surface area contributed by atoms with Gasteiger partial charge in [0.2, 0.25) is 5.91 Å². The molecule has 394 valence electrons. The van der Waals surface area contributed by atoms with Gasteiger partial charge in [0.25, 0.3) is 0 Å². The molecule has 0 radical (unpaired) electrons. The van der Waals surface area contributed by atoms with Crippen molar-refractivity contribution in [3.8, 4) is 0 Å². The number of hydrogen-bond donors (Lipinski definition) is 10. The highest BCUT2D eigenvalue weighted by Crippen LogP contribution is 2.41. The lowest BCUT2D eigenvalue weighted by Gasteiger charge is -2.49. The van der Waals surface area contributed by atoms with Gasteiger partial charge in [0.05, 0.1) is 50.3 Å². The first-order valence-electron chi connectivity index (χ1n) is 24.5. The summed E-state index contributed by atoms with van der Waals surface area (Å²) in [4.78, 5) is 38.4. The Bertz CT molecular complexity index is 2050. The van der Waals surface area contributed by atoms with Crippen molar-refractivity contribution in [1.82, 2.24) is 5.32 Å². The minimum absolute atomic E-state index is 0.0496. The molecule has 3 aliphatic heterocycles. The molecular weight excluding hydrogens is 927 g/mol. The highest BCUT2D eigenvalue weighted by Gasteiger charge is 2.53. The minimum Gasteiger partial charge on any atom is -0.479 e. The topological polar surface area (TPSA) is 332 Å². The van der Waals surface area contributed by atoms with Gasteiger partial charge in [-0.1, -0.05) is 63.6 Å². The number of carbonyl (C=O) groups is 2. The Hall–Kier alpha value is -3.27. The summed E-state index contributed by atoms with van der Waals surface area (Å²) in [5.41, 5.74) is -0.198. The van der Waals surface area contributed by atoms with Crippen LogP contribution in [0.25, 0.3) is 11.0 Å². The third-order valence-electron chi connectivity index (χ3n) is 14.5. The van der Waals surface area contributed by atoms with Gasteiger partial charge in [0.15, 0.2) is 25.0 Å². The molecule has 2 saturated carbocycles. The fraction of sp³-hybridized carbons (Fsp3) is 0.771. The Morgan fingerprint density at radius 3 is 2.13 bits per heavy atom. The summed E-state index contributed by atoms with van der Waals surface area (Å²) in [6.45, 7) is 2.66. The SMILES string of the molecule is CCC1CC(CO[C@H]2OC(CO)[C@@H](O)C(OCc3cc4ccccc4oc3=O)C2O)C[C@@H](O[C@@H]2OC(CO)[C@H](O)C(O[C@@H](CC3CCCCC3)C(=O)O)C2NC(C)=O)C1O[C@@H]1OC(C)[C@@H](O)C(O)C1O. The molecule has 1 aromatic carbocycles. The molecule has 5 fully saturated rings. The number of amides is 1. The van der Waals surface area contributed by atoms with Gasteiger partial charge in [0, 0.05) is 12.3 Å². The maximum absolute atomic E-state index is 12.9. The molecule has 3 saturated heterocycles. The van der Waals surface area contributed by atoms with Crippen molar-refractivity contribution in [2.45, 2.75) is 196 Å². The zero-order chi connectivity index (χ0) is 50.4. The molecule has 12 unspecified atom stereocenters. The Labute approximate surface area is 404 Å². The molecule has 22 heteroatoms.